The number of allylic oxidation sites excluding steroid dienone is 1. The lowest BCUT2D eigenvalue weighted by Crippen LogP contribution is -2.50. The largest absolute Gasteiger partial charge is 0.506 e. The van der Waals surface area contributed by atoms with Crippen LogP contribution in [0.2, 0.25) is 0 Å². The van der Waals surface area contributed by atoms with Gasteiger partial charge in [0.25, 0.3) is 5.91 Å². The molecule has 0 radical (unpaired) electrons. The number of aryl methyl sites for hydroxylation is 2. The summed E-state index contributed by atoms with van der Waals surface area (Å²) in [7, 11) is -2.86. The lowest BCUT2D eigenvalue weighted by molar-refractivity contribution is -0.123. The molecule has 9 heteroatoms. The highest BCUT2D eigenvalue weighted by atomic mass is 32.2. The molecule has 166 valence electrons. The number of carbonyl (C=O) groups excluding carboxylic acids is 3. The van der Waals surface area contributed by atoms with Crippen molar-refractivity contribution in [2.45, 2.75) is 33.1 Å². The number of fused-ring (bicyclic) bond motifs is 1. The Balaban J connectivity index is 1.91. The summed E-state index contributed by atoms with van der Waals surface area (Å²) in [6.45, 7) is 3.43. The molecule has 2 aromatic carbocycles. The second-order valence-electron chi connectivity index (χ2n) is 7.94. The van der Waals surface area contributed by atoms with Crippen molar-refractivity contribution in [1.82, 2.24) is 0 Å². The zero-order valence-electron chi connectivity index (χ0n) is 17.9. The SMILES string of the molecule is Cc1cccc(C)c1N1C(=O)c2cc(C(O)=C3C(=O)CCCC3=O)ccc2N(C)S1(=O)=O. The Kier molecular flexibility index (Phi) is 5.16. The number of amides is 1. The van der Waals surface area contributed by atoms with E-state index < -0.39 is 33.4 Å². The summed E-state index contributed by atoms with van der Waals surface area (Å²) in [4.78, 5) is 37.9. The van der Waals surface area contributed by atoms with Gasteiger partial charge in [-0.3, -0.25) is 18.7 Å². The third-order valence-electron chi connectivity index (χ3n) is 5.85. The molecule has 1 amide bonds. The summed E-state index contributed by atoms with van der Waals surface area (Å²) < 4.78 is 28.2. The van der Waals surface area contributed by atoms with Gasteiger partial charge in [0.1, 0.15) is 11.3 Å². The van der Waals surface area contributed by atoms with Crippen molar-refractivity contribution in [1.29, 1.82) is 0 Å². The molecule has 0 aromatic heterocycles. The Hall–Kier alpha value is -3.46. The van der Waals surface area contributed by atoms with E-state index in [1.165, 1.54) is 25.2 Å². The number of rotatable bonds is 2. The summed E-state index contributed by atoms with van der Waals surface area (Å²) in [6, 6.07) is 9.30. The van der Waals surface area contributed by atoms with Crippen LogP contribution in [0.5, 0.6) is 0 Å². The summed E-state index contributed by atoms with van der Waals surface area (Å²) in [5.74, 6) is -2.17. The molecule has 2 aromatic rings. The molecule has 0 spiro atoms. The van der Waals surface area contributed by atoms with Crippen LogP contribution in [0.4, 0.5) is 11.4 Å². The minimum atomic E-state index is -4.20. The van der Waals surface area contributed by atoms with E-state index in [9.17, 15) is 27.9 Å². The van der Waals surface area contributed by atoms with E-state index in [1.807, 2.05) is 0 Å². The number of para-hydroxylation sites is 1. The van der Waals surface area contributed by atoms with E-state index in [4.69, 9.17) is 0 Å². The van der Waals surface area contributed by atoms with Crippen LogP contribution in [0.3, 0.4) is 0 Å². The van der Waals surface area contributed by atoms with E-state index in [0.29, 0.717) is 17.5 Å². The molecule has 1 heterocycles. The van der Waals surface area contributed by atoms with Crippen LogP contribution >= 0.6 is 0 Å². The van der Waals surface area contributed by atoms with E-state index in [1.54, 1.807) is 32.0 Å². The zero-order valence-corrected chi connectivity index (χ0v) is 18.7. The molecule has 1 aliphatic carbocycles. The summed E-state index contributed by atoms with van der Waals surface area (Å²) in [5, 5.41) is 10.7. The fraction of sp³-hybridized carbons (Fsp3) is 0.261. The molecule has 4 rings (SSSR count). The number of hydrogen-bond donors (Lipinski definition) is 1. The molecule has 0 bridgehead atoms. The highest BCUT2D eigenvalue weighted by Gasteiger charge is 2.42. The smallest absolute Gasteiger partial charge is 0.333 e. The molecule has 8 nitrogen and oxygen atoms in total. The van der Waals surface area contributed by atoms with Crippen molar-refractivity contribution in [2.75, 3.05) is 15.7 Å². The molecular formula is C23H22N2O6S. The number of aliphatic hydroxyl groups is 1. The summed E-state index contributed by atoms with van der Waals surface area (Å²) in [5.41, 5.74) is 1.49. The first-order valence-electron chi connectivity index (χ1n) is 10.1. The van der Waals surface area contributed by atoms with Gasteiger partial charge >= 0.3 is 10.2 Å². The molecule has 1 aliphatic heterocycles. The normalized spacial score (nSPS) is 18.1. The fourth-order valence-electron chi connectivity index (χ4n) is 4.16. The van der Waals surface area contributed by atoms with Gasteiger partial charge in [-0.15, -0.1) is 0 Å². The predicted octanol–water partition coefficient (Wildman–Crippen LogP) is 3.24. The Morgan fingerprint density at radius 1 is 0.969 bits per heavy atom. The van der Waals surface area contributed by atoms with Crippen LogP contribution in [0.25, 0.3) is 5.76 Å². The van der Waals surface area contributed by atoms with Gasteiger partial charge in [-0.25, -0.2) is 0 Å². The molecule has 1 saturated carbocycles. The van der Waals surface area contributed by atoms with Crippen LogP contribution in [0.15, 0.2) is 42.0 Å². The second-order valence-corrected chi connectivity index (χ2v) is 9.75. The number of nitrogens with zero attached hydrogens (tertiary/aromatic N) is 2. The lowest BCUT2D eigenvalue weighted by atomic mass is 9.89. The van der Waals surface area contributed by atoms with Crippen molar-refractivity contribution in [2.24, 2.45) is 0 Å². The first-order chi connectivity index (χ1) is 15.1. The van der Waals surface area contributed by atoms with Crippen LogP contribution in [0.1, 0.15) is 46.3 Å². The van der Waals surface area contributed by atoms with Crippen LogP contribution in [-0.4, -0.2) is 38.0 Å². The number of Topliss-reactive ketones (excluding diaryl/α,β-unsaturated/α-hetero) is 2. The van der Waals surface area contributed by atoms with E-state index in [2.05, 4.69) is 0 Å². The molecule has 2 aliphatic rings. The summed E-state index contributed by atoms with van der Waals surface area (Å²) in [6.07, 6.45) is 0.761. The lowest BCUT2D eigenvalue weighted by Gasteiger charge is -2.36. The van der Waals surface area contributed by atoms with Gasteiger partial charge in [0.05, 0.1) is 16.9 Å². The van der Waals surface area contributed by atoms with Gasteiger partial charge in [0.2, 0.25) is 0 Å². The molecule has 0 atom stereocenters. The Labute approximate surface area is 185 Å². The maximum atomic E-state index is 13.5. The van der Waals surface area contributed by atoms with Gasteiger partial charge in [-0.2, -0.15) is 12.7 Å². The molecule has 1 fully saturated rings. The van der Waals surface area contributed by atoms with Crippen molar-refractivity contribution >= 4 is 44.8 Å². The Morgan fingerprint density at radius 2 is 1.56 bits per heavy atom. The second kappa shape index (κ2) is 7.59. The number of carbonyl (C=O) groups is 3. The monoisotopic (exact) mass is 454 g/mol. The molecule has 0 saturated heterocycles. The van der Waals surface area contributed by atoms with Crippen LogP contribution < -0.4 is 8.61 Å². The first-order valence-corrected chi connectivity index (χ1v) is 11.5. The number of benzene rings is 2. The zero-order chi connectivity index (χ0) is 23.4. The third kappa shape index (κ3) is 3.20. The fourth-order valence-corrected chi connectivity index (χ4v) is 5.64. The Bertz CT molecular complexity index is 1290. The molecule has 1 N–H and O–H groups in total. The Morgan fingerprint density at radius 3 is 2.16 bits per heavy atom. The number of aliphatic hydroxyl groups excluding tert-OH is 1. The van der Waals surface area contributed by atoms with Crippen molar-refractivity contribution < 1.29 is 27.9 Å². The van der Waals surface area contributed by atoms with Gasteiger partial charge in [0, 0.05) is 25.5 Å². The van der Waals surface area contributed by atoms with E-state index >= 15 is 0 Å². The average molecular weight is 455 g/mol. The average Bonchev–Trinajstić information content (AvgIpc) is 2.73. The molecular weight excluding hydrogens is 432 g/mol. The number of hydrogen-bond acceptors (Lipinski definition) is 6. The number of anilines is 2. The highest BCUT2D eigenvalue weighted by Crippen LogP contribution is 2.38. The van der Waals surface area contributed by atoms with Gasteiger partial charge < -0.3 is 5.11 Å². The van der Waals surface area contributed by atoms with E-state index in [0.717, 1.165) is 8.61 Å². The first kappa shape index (κ1) is 21.8. The maximum absolute atomic E-state index is 13.5. The molecule has 0 unspecified atom stereocenters. The minimum absolute atomic E-state index is 0.0327. The van der Waals surface area contributed by atoms with Gasteiger partial charge in [-0.05, 0) is 49.6 Å². The predicted molar refractivity (Wildman–Crippen MR) is 120 cm³/mol. The van der Waals surface area contributed by atoms with E-state index in [-0.39, 0.29) is 40.9 Å². The summed E-state index contributed by atoms with van der Waals surface area (Å²) >= 11 is 0. The highest BCUT2D eigenvalue weighted by molar-refractivity contribution is 7.95. The standard InChI is InChI=1S/C23H22N2O6S/c1-13-6-4-7-14(2)21(13)25-23(29)16-12-15(10-11-17(16)24(3)32(25,30)31)22(28)20-18(26)8-5-9-19(20)27/h4,6-7,10-12,28H,5,8-9H2,1-3H3. The van der Waals surface area contributed by atoms with Crippen molar-refractivity contribution in [3.8, 4) is 0 Å². The van der Waals surface area contributed by atoms with Crippen LogP contribution in [-0.2, 0) is 19.8 Å². The van der Waals surface area contributed by atoms with Gasteiger partial charge in [-0.1, -0.05) is 18.2 Å². The third-order valence-corrected chi connectivity index (χ3v) is 7.54. The van der Waals surface area contributed by atoms with Crippen LogP contribution in [0, 0.1) is 13.8 Å². The van der Waals surface area contributed by atoms with Gasteiger partial charge in [0.15, 0.2) is 11.6 Å². The maximum Gasteiger partial charge on any atom is 0.333 e. The molecule has 32 heavy (non-hydrogen) atoms. The topological polar surface area (TPSA) is 112 Å². The van der Waals surface area contributed by atoms with Crippen molar-refractivity contribution in [3.63, 3.8) is 0 Å². The number of ketones is 2. The minimum Gasteiger partial charge on any atom is -0.506 e. The van der Waals surface area contributed by atoms with Crippen molar-refractivity contribution in [3.05, 3.63) is 64.2 Å². The quantitative estimate of drug-likeness (QED) is 0.424.